The predicted octanol–water partition coefficient (Wildman–Crippen LogP) is 3.28. The molecule has 0 saturated heterocycles. The standard InChI is InChI=1S/C12H16Cl2N2O2/c1-3-12(2,7-17)16-11(18)15-10-5-4-8(13)6-9(10)14/h4-6,17H,3,7H2,1-2H3,(H2,15,16,18). The van der Waals surface area contributed by atoms with E-state index >= 15 is 0 Å². The predicted molar refractivity (Wildman–Crippen MR) is 74.4 cm³/mol. The van der Waals surface area contributed by atoms with Crippen molar-refractivity contribution in [2.24, 2.45) is 0 Å². The van der Waals surface area contributed by atoms with Gasteiger partial charge in [-0.3, -0.25) is 0 Å². The van der Waals surface area contributed by atoms with Gasteiger partial charge >= 0.3 is 6.03 Å². The minimum atomic E-state index is -0.650. The van der Waals surface area contributed by atoms with Crippen LogP contribution in [-0.2, 0) is 0 Å². The van der Waals surface area contributed by atoms with E-state index in [0.29, 0.717) is 22.2 Å². The second kappa shape index (κ2) is 6.27. The zero-order chi connectivity index (χ0) is 13.8. The third-order valence-electron chi connectivity index (χ3n) is 2.72. The first-order valence-corrected chi connectivity index (χ1v) is 6.31. The summed E-state index contributed by atoms with van der Waals surface area (Å²) in [5, 5.41) is 15.4. The number of halogens is 2. The molecular formula is C12H16Cl2N2O2. The Hall–Kier alpha value is -0.970. The number of aliphatic hydroxyl groups excluding tert-OH is 1. The van der Waals surface area contributed by atoms with Crippen molar-refractivity contribution >= 4 is 34.9 Å². The SMILES string of the molecule is CCC(C)(CO)NC(=O)Nc1ccc(Cl)cc1Cl. The highest BCUT2D eigenvalue weighted by molar-refractivity contribution is 6.36. The molecule has 1 unspecified atom stereocenters. The summed E-state index contributed by atoms with van der Waals surface area (Å²) in [5.41, 5.74) is -0.182. The maximum Gasteiger partial charge on any atom is 0.319 e. The normalized spacial score (nSPS) is 13.8. The minimum Gasteiger partial charge on any atom is -0.394 e. The third-order valence-corrected chi connectivity index (χ3v) is 3.27. The fraction of sp³-hybridized carbons (Fsp3) is 0.417. The molecule has 0 spiro atoms. The van der Waals surface area contributed by atoms with Crippen LogP contribution in [0.5, 0.6) is 0 Å². The van der Waals surface area contributed by atoms with Crippen molar-refractivity contribution < 1.29 is 9.90 Å². The number of hydrogen-bond acceptors (Lipinski definition) is 2. The van der Waals surface area contributed by atoms with Gasteiger partial charge in [0, 0.05) is 5.02 Å². The van der Waals surface area contributed by atoms with Crippen molar-refractivity contribution in [3.05, 3.63) is 28.2 Å². The Labute approximate surface area is 116 Å². The smallest absolute Gasteiger partial charge is 0.319 e. The van der Waals surface area contributed by atoms with Crippen LogP contribution in [0.4, 0.5) is 10.5 Å². The molecule has 1 atom stereocenters. The highest BCUT2D eigenvalue weighted by atomic mass is 35.5. The van der Waals surface area contributed by atoms with Crippen LogP contribution >= 0.6 is 23.2 Å². The van der Waals surface area contributed by atoms with Crippen molar-refractivity contribution in [3.8, 4) is 0 Å². The van der Waals surface area contributed by atoms with E-state index in [9.17, 15) is 9.90 Å². The summed E-state index contributed by atoms with van der Waals surface area (Å²) < 4.78 is 0. The van der Waals surface area contributed by atoms with Gasteiger partial charge in [-0.05, 0) is 31.5 Å². The van der Waals surface area contributed by atoms with Gasteiger partial charge in [-0.15, -0.1) is 0 Å². The summed E-state index contributed by atoms with van der Waals surface area (Å²) in [5.74, 6) is 0. The molecular weight excluding hydrogens is 275 g/mol. The lowest BCUT2D eigenvalue weighted by molar-refractivity contribution is 0.172. The number of anilines is 1. The van der Waals surface area contributed by atoms with E-state index in [-0.39, 0.29) is 6.61 Å². The average molecular weight is 291 g/mol. The van der Waals surface area contributed by atoms with Gasteiger partial charge in [0.25, 0.3) is 0 Å². The molecule has 2 amide bonds. The number of carbonyl (C=O) groups excluding carboxylic acids is 1. The lowest BCUT2D eigenvalue weighted by atomic mass is 10.0. The molecule has 18 heavy (non-hydrogen) atoms. The molecule has 1 aromatic carbocycles. The molecule has 1 rings (SSSR count). The molecule has 6 heteroatoms. The van der Waals surface area contributed by atoms with E-state index in [4.69, 9.17) is 23.2 Å². The molecule has 0 saturated carbocycles. The Balaban J connectivity index is 2.70. The van der Waals surface area contributed by atoms with Gasteiger partial charge in [0.05, 0.1) is 22.9 Å². The first-order chi connectivity index (χ1) is 8.40. The van der Waals surface area contributed by atoms with Gasteiger partial charge in [0.15, 0.2) is 0 Å². The number of rotatable bonds is 4. The second-order valence-corrected chi connectivity index (χ2v) is 5.12. The summed E-state index contributed by atoms with van der Waals surface area (Å²) in [6.45, 7) is 3.51. The molecule has 3 N–H and O–H groups in total. The van der Waals surface area contributed by atoms with E-state index in [1.807, 2.05) is 6.92 Å². The molecule has 0 aliphatic rings. The van der Waals surface area contributed by atoms with E-state index in [1.165, 1.54) is 0 Å². The lowest BCUT2D eigenvalue weighted by Gasteiger charge is -2.27. The van der Waals surface area contributed by atoms with Gasteiger partial charge in [-0.25, -0.2) is 4.79 Å². The highest BCUT2D eigenvalue weighted by Crippen LogP contribution is 2.25. The maximum absolute atomic E-state index is 11.8. The Morgan fingerprint density at radius 3 is 2.61 bits per heavy atom. The molecule has 0 aromatic heterocycles. The summed E-state index contributed by atoms with van der Waals surface area (Å²) in [7, 11) is 0. The zero-order valence-electron chi connectivity index (χ0n) is 10.3. The van der Waals surface area contributed by atoms with E-state index in [2.05, 4.69) is 10.6 Å². The number of amides is 2. The summed E-state index contributed by atoms with van der Waals surface area (Å²) in [4.78, 5) is 11.8. The van der Waals surface area contributed by atoms with Crippen molar-refractivity contribution in [1.29, 1.82) is 0 Å². The monoisotopic (exact) mass is 290 g/mol. The van der Waals surface area contributed by atoms with Crippen LogP contribution in [0.2, 0.25) is 10.0 Å². The maximum atomic E-state index is 11.8. The molecule has 0 radical (unpaired) electrons. The Kier molecular flexibility index (Phi) is 5.26. The largest absolute Gasteiger partial charge is 0.394 e. The van der Waals surface area contributed by atoms with Crippen LogP contribution in [0.15, 0.2) is 18.2 Å². The van der Waals surface area contributed by atoms with E-state index < -0.39 is 11.6 Å². The molecule has 0 heterocycles. The summed E-state index contributed by atoms with van der Waals surface area (Å²) >= 11 is 11.7. The van der Waals surface area contributed by atoms with Crippen LogP contribution in [0.25, 0.3) is 0 Å². The highest BCUT2D eigenvalue weighted by Gasteiger charge is 2.23. The first-order valence-electron chi connectivity index (χ1n) is 5.55. The number of benzene rings is 1. The van der Waals surface area contributed by atoms with Crippen molar-refractivity contribution in [1.82, 2.24) is 5.32 Å². The Bertz CT molecular complexity index is 434. The van der Waals surface area contributed by atoms with Gasteiger partial charge in [-0.1, -0.05) is 30.1 Å². The number of aliphatic hydroxyl groups is 1. The fourth-order valence-corrected chi connectivity index (χ4v) is 1.71. The molecule has 0 bridgehead atoms. The molecule has 1 aromatic rings. The average Bonchev–Trinajstić information content (AvgIpc) is 2.32. The van der Waals surface area contributed by atoms with Crippen LogP contribution < -0.4 is 10.6 Å². The van der Waals surface area contributed by atoms with Crippen LogP contribution in [0, 0.1) is 0 Å². The zero-order valence-corrected chi connectivity index (χ0v) is 11.8. The minimum absolute atomic E-state index is 0.134. The molecule has 100 valence electrons. The molecule has 0 aliphatic carbocycles. The van der Waals surface area contributed by atoms with Crippen LogP contribution in [0.3, 0.4) is 0 Å². The third kappa shape index (κ3) is 4.05. The summed E-state index contributed by atoms with van der Waals surface area (Å²) in [6, 6.07) is 4.38. The second-order valence-electron chi connectivity index (χ2n) is 4.28. The van der Waals surface area contributed by atoms with Gasteiger partial charge in [0.1, 0.15) is 0 Å². The Morgan fingerprint density at radius 1 is 1.44 bits per heavy atom. The fourth-order valence-electron chi connectivity index (χ4n) is 1.26. The number of hydrogen-bond donors (Lipinski definition) is 3. The number of carbonyl (C=O) groups is 1. The Morgan fingerprint density at radius 2 is 2.11 bits per heavy atom. The molecule has 0 aliphatic heterocycles. The van der Waals surface area contributed by atoms with Gasteiger partial charge in [0.2, 0.25) is 0 Å². The topological polar surface area (TPSA) is 61.4 Å². The van der Waals surface area contributed by atoms with Crippen LogP contribution in [0.1, 0.15) is 20.3 Å². The number of urea groups is 1. The van der Waals surface area contributed by atoms with Crippen LogP contribution in [-0.4, -0.2) is 23.3 Å². The van der Waals surface area contributed by atoms with Crippen molar-refractivity contribution in [3.63, 3.8) is 0 Å². The van der Waals surface area contributed by atoms with Gasteiger partial charge < -0.3 is 15.7 Å². The van der Waals surface area contributed by atoms with Gasteiger partial charge in [-0.2, -0.15) is 0 Å². The number of nitrogens with one attached hydrogen (secondary N) is 2. The van der Waals surface area contributed by atoms with E-state index in [1.54, 1.807) is 25.1 Å². The van der Waals surface area contributed by atoms with Crippen molar-refractivity contribution in [2.45, 2.75) is 25.8 Å². The van der Waals surface area contributed by atoms with Crippen molar-refractivity contribution in [2.75, 3.05) is 11.9 Å². The van der Waals surface area contributed by atoms with E-state index in [0.717, 1.165) is 0 Å². The quantitative estimate of drug-likeness (QED) is 0.797. The lowest BCUT2D eigenvalue weighted by Crippen LogP contribution is -2.50. The summed E-state index contributed by atoms with van der Waals surface area (Å²) in [6.07, 6.45) is 0.616. The molecule has 0 fully saturated rings. The first kappa shape index (κ1) is 15.1. The molecule has 4 nitrogen and oxygen atoms in total.